The summed E-state index contributed by atoms with van der Waals surface area (Å²) in [6.45, 7) is 9.14. The van der Waals surface area contributed by atoms with Crippen LogP contribution in [0, 0.1) is 5.92 Å². The summed E-state index contributed by atoms with van der Waals surface area (Å²) in [4.78, 5) is 35.1. The molecule has 5 rings (SSSR count). The van der Waals surface area contributed by atoms with Gasteiger partial charge in [0.15, 0.2) is 0 Å². The second-order valence-electron chi connectivity index (χ2n) is 13.0. The van der Waals surface area contributed by atoms with Gasteiger partial charge < -0.3 is 24.6 Å². The Bertz CT molecular complexity index is 1400. The highest BCUT2D eigenvalue weighted by Gasteiger charge is 2.30. The number of nitrogens with zero attached hydrogens (tertiary/aromatic N) is 4. The number of carbonyl (C=O) groups is 2. The van der Waals surface area contributed by atoms with Crippen LogP contribution in [0.2, 0.25) is 0 Å². The molecule has 2 aliphatic heterocycles. The smallest absolute Gasteiger partial charge is 0.251 e. The van der Waals surface area contributed by atoms with Crippen LogP contribution in [-0.4, -0.2) is 105 Å². The quantitative estimate of drug-likeness (QED) is 0.260. The van der Waals surface area contributed by atoms with E-state index in [-0.39, 0.29) is 11.8 Å². The largest absolute Gasteiger partial charge is 0.497 e. The number of carbonyl (C=O) groups excluding carboxylic acids is 2. The Morgan fingerprint density at radius 2 is 1.30 bits per heavy atom. The number of hydrogen-bond donors (Lipinski definition) is 1. The van der Waals surface area contributed by atoms with E-state index in [0.717, 1.165) is 102 Å². The van der Waals surface area contributed by atoms with Gasteiger partial charge in [0.05, 0.1) is 13.7 Å². The van der Waals surface area contributed by atoms with E-state index in [1.165, 1.54) is 11.1 Å². The zero-order valence-corrected chi connectivity index (χ0v) is 28.3. The molecule has 0 aliphatic carbocycles. The molecule has 3 aromatic carbocycles. The highest BCUT2D eigenvalue weighted by molar-refractivity contribution is 5.94. The Kier molecular flexibility index (Phi) is 12.7. The molecule has 2 heterocycles. The van der Waals surface area contributed by atoms with E-state index in [9.17, 15) is 9.59 Å². The molecular formula is C38H51N5O4. The lowest BCUT2D eigenvalue weighted by atomic mass is 9.94. The van der Waals surface area contributed by atoms with Gasteiger partial charge in [0.1, 0.15) is 11.5 Å². The lowest BCUT2D eigenvalue weighted by Crippen LogP contribution is -2.51. The summed E-state index contributed by atoms with van der Waals surface area (Å²) in [6.07, 6.45) is 2.86. The van der Waals surface area contributed by atoms with Gasteiger partial charge in [-0.2, -0.15) is 0 Å². The minimum Gasteiger partial charge on any atom is -0.497 e. The maximum atomic E-state index is 13.4. The van der Waals surface area contributed by atoms with E-state index in [0.29, 0.717) is 18.0 Å². The van der Waals surface area contributed by atoms with E-state index in [1.54, 1.807) is 7.11 Å². The Hall–Kier alpha value is -3.92. The number of amides is 2. The van der Waals surface area contributed by atoms with Gasteiger partial charge in [0.2, 0.25) is 5.91 Å². The molecular weight excluding hydrogens is 590 g/mol. The molecule has 2 fully saturated rings. The predicted octanol–water partition coefficient (Wildman–Crippen LogP) is 4.51. The number of hydrogen-bond acceptors (Lipinski definition) is 7. The third-order valence-corrected chi connectivity index (χ3v) is 9.20. The average molecular weight is 642 g/mol. The normalized spacial score (nSPS) is 16.3. The van der Waals surface area contributed by atoms with Crippen molar-refractivity contribution in [3.8, 4) is 11.5 Å². The Balaban J connectivity index is 0.976. The van der Waals surface area contributed by atoms with Gasteiger partial charge in [-0.25, -0.2) is 0 Å². The molecule has 0 spiro atoms. The van der Waals surface area contributed by atoms with Crippen molar-refractivity contribution in [2.75, 3.05) is 73.6 Å². The third-order valence-electron chi connectivity index (χ3n) is 9.20. The fourth-order valence-electron chi connectivity index (χ4n) is 6.29. The van der Waals surface area contributed by atoms with Gasteiger partial charge in [-0.3, -0.25) is 19.4 Å². The highest BCUT2D eigenvalue weighted by Crippen LogP contribution is 2.23. The van der Waals surface area contributed by atoms with Crippen LogP contribution in [0.5, 0.6) is 11.5 Å². The molecule has 3 aromatic rings. The number of methoxy groups -OCH3 is 1. The maximum absolute atomic E-state index is 13.4. The monoisotopic (exact) mass is 641 g/mol. The number of ether oxygens (including phenoxy) is 2. The molecule has 0 radical (unpaired) electrons. The average Bonchev–Trinajstić information content (AvgIpc) is 3.10. The van der Waals surface area contributed by atoms with Crippen molar-refractivity contribution in [2.45, 2.75) is 38.9 Å². The van der Waals surface area contributed by atoms with Gasteiger partial charge in [-0.1, -0.05) is 36.4 Å². The summed E-state index contributed by atoms with van der Waals surface area (Å²) < 4.78 is 11.1. The first kappa shape index (κ1) is 34.4. The SMILES string of the molecule is COc1ccc(CNC(=O)c2ccc(CN3CCN(C(=O)C4CCN(Cc5ccc(OCCCN(C)C)cc5)CC4)CC3)cc2)cc1. The molecule has 2 saturated heterocycles. The van der Waals surface area contributed by atoms with Crippen LogP contribution in [0.15, 0.2) is 72.8 Å². The topological polar surface area (TPSA) is 77.6 Å². The van der Waals surface area contributed by atoms with Crippen LogP contribution in [0.1, 0.15) is 46.3 Å². The van der Waals surface area contributed by atoms with E-state index >= 15 is 0 Å². The van der Waals surface area contributed by atoms with Crippen molar-refractivity contribution in [1.29, 1.82) is 0 Å². The van der Waals surface area contributed by atoms with Crippen molar-refractivity contribution in [1.82, 2.24) is 24.9 Å². The van der Waals surface area contributed by atoms with Gasteiger partial charge in [0.25, 0.3) is 5.91 Å². The lowest BCUT2D eigenvalue weighted by Gasteiger charge is -2.38. The Morgan fingerprint density at radius 3 is 1.89 bits per heavy atom. The summed E-state index contributed by atoms with van der Waals surface area (Å²) >= 11 is 0. The van der Waals surface area contributed by atoms with Crippen LogP contribution in [0.3, 0.4) is 0 Å². The third kappa shape index (κ3) is 10.5. The molecule has 2 amide bonds. The van der Waals surface area contributed by atoms with E-state index in [4.69, 9.17) is 9.47 Å². The molecule has 0 unspecified atom stereocenters. The van der Waals surface area contributed by atoms with Crippen LogP contribution in [-0.2, 0) is 24.4 Å². The first-order chi connectivity index (χ1) is 22.9. The Labute approximate surface area is 280 Å². The predicted molar refractivity (Wildman–Crippen MR) is 186 cm³/mol. The van der Waals surface area contributed by atoms with Gasteiger partial charge in [-0.15, -0.1) is 0 Å². The zero-order valence-electron chi connectivity index (χ0n) is 28.3. The first-order valence-corrected chi connectivity index (χ1v) is 17.0. The zero-order chi connectivity index (χ0) is 33.0. The lowest BCUT2D eigenvalue weighted by molar-refractivity contribution is -0.139. The second-order valence-corrected chi connectivity index (χ2v) is 13.0. The molecule has 47 heavy (non-hydrogen) atoms. The van der Waals surface area contributed by atoms with Gasteiger partial charge >= 0.3 is 0 Å². The number of piperidine rings is 1. The molecule has 0 bridgehead atoms. The van der Waals surface area contributed by atoms with Gasteiger partial charge in [0, 0.05) is 63.8 Å². The molecule has 9 heteroatoms. The number of nitrogens with one attached hydrogen (secondary N) is 1. The molecule has 0 saturated carbocycles. The second kappa shape index (κ2) is 17.3. The number of rotatable bonds is 14. The van der Waals surface area contributed by atoms with Crippen molar-refractivity contribution in [2.24, 2.45) is 5.92 Å². The van der Waals surface area contributed by atoms with Crippen LogP contribution < -0.4 is 14.8 Å². The van der Waals surface area contributed by atoms with E-state index in [2.05, 4.69) is 63.3 Å². The van der Waals surface area contributed by atoms with Crippen LogP contribution in [0.25, 0.3) is 0 Å². The highest BCUT2D eigenvalue weighted by atomic mass is 16.5. The number of benzene rings is 3. The summed E-state index contributed by atoms with van der Waals surface area (Å²) in [5.74, 6) is 2.09. The minimum absolute atomic E-state index is 0.0869. The van der Waals surface area contributed by atoms with Crippen molar-refractivity contribution in [3.05, 3.63) is 95.1 Å². The molecule has 1 N–H and O–H groups in total. The van der Waals surface area contributed by atoms with E-state index in [1.807, 2.05) is 48.5 Å². The summed E-state index contributed by atoms with van der Waals surface area (Å²) in [6, 6.07) is 24.0. The van der Waals surface area contributed by atoms with Crippen LogP contribution >= 0.6 is 0 Å². The van der Waals surface area contributed by atoms with E-state index < -0.39 is 0 Å². The molecule has 0 atom stereocenters. The Morgan fingerprint density at radius 1 is 0.745 bits per heavy atom. The summed E-state index contributed by atoms with van der Waals surface area (Å²) in [5.41, 5.74) is 4.13. The van der Waals surface area contributed by atoms with Gasteiger partial charge in [-0.05, 0) is 99.5 Å². The number of likely N-dealkylation sites (tertiary alicyclic amines) is 1. The van der Waals surface area contributed by atoms with Crippen molar-refractivity contribution >= 4 is 11.8 Å². The standard InChI is InChI=1S/C38H51N5O4/c1-40(2)19-4-26-47-36-15-9-32(10-16-36)28-41-20-17-34(18-21-41)38(45)43-24-22-42(23-25-43)29-31-5-11-33(12-6-31)37(44)39-27-30-7-13-35(46-3)14-8-30/h5-16,34H,4,17-29H2,1-3H3,(H,39,44). The maximum Gasteiger partial charge on any atom is 0.251 e. The van der Waals surface area contributed by atoms with Crippen molar-refractivity contribution in [3.63, 3.8) is 0 Å². The molecule has 252 valence electrons. The van der Waals surface area contributed by atoms with Crippen LogP contribution in [0.4, 0.5) is 0 Å². The first-order valence-electron chi connectivity index (χ1n) is 17.0. The molecule has 0 aromatic heterocycles. The van der Waals surface area contributed by atoms with Crippen molar-refractivity contribution < 1.29 is 19.1 Å². The minimum atomic E-state index is -0.0869. The molecule has 9 nitrogen and oxygen atoms in total. The fourth-order valence-corrected chi connectivity index (χ4v) is 6.29. The number of piperazine rings is 1. The summed E-state index contributed by atoms with van der Waals surface area (Å²) in [5, 5.41) is 2.98. The molecule has 2 aliphatic rings. The fraction of sp³-hybridized carbons (Fsp3) is 0.474. The summed E-state index contributed by atoms with van der Waals surface area (Å²) in [7, 11) is 5.80.